The number of aryl methyl sites for hydroxylation is 2. The maximum absolute atomic E-state index is 12.3. The number of amides is 1. The minimum absolute atomic E-state index is 0.0378. The number of likely N-dealkylation sites (tertiary alicyclic amines) is 1. The Morgan fingerprint density at radius 3 is 2.85 bits per heavy atom. The molecule has 1 saturated heterocycles. The van der Waals surface area contributed by atoms with E-state index in [1.54, 1.807) is 17.4 Å². The Bertz CT molecular complexity index is 960. The summed E-state index contributed by atoms with van der Waals surface area (Å²) in [5, 5.41) is 4.48. The minimum Gasteiger partial charge on any atom is -0.369 e. The Hall–Kier alpha value is -2.96. The molecule has 1 aliphatic heterocycles. The molecule has 1 amide bonds. The minimum atomic E-state index is -0.0378. The van der Waals surface area contributed by atoms with Crippen LogP contribution in [0.3, 0.4) is 0 Å². The molecule has 0 unspecified atom stereocenters. The summed E-state index contributed by atoms with van der Waals surface area (Å²) >= 11 is 0. The third kappa shape index (κ3) is 2.69. The molecule has 2 atom stereocenters. The van der Waals surface area contributed by atoms with Gasteiger partial charge in [0.05, 0.1) is 11.6 Å². The molecule has 7 nitrogen and oxygen atoms in total. The van der Waals surface area contributed by atoms with Crippen molar-refractivity contribution in [3.63, 3.8) is 0 Å². The van der Waals surface area contributed by atoms with Crippen LogP contribution in [-0.2, 0) is 11.8 Å². The first kappa shape index (κ1) is 16.5. The first-order valence-electron chi connectivity index (χ1n) is 8.73. The number of aromatic nitrogens is 4. The van der Waals surface area contributed by atoms with Crippen molar-refractivity contribution in [1.29, 1.82) is 0 Å². The fourth-order valence-corrected chi connectivity index (χ4v) is 3.82. The highest BCUT2D eigenvalue weighted by atomic mass is 16.2. The van der Waals surface area contributed by atoms with E-state index < -0.39 is 0 Å². The quantitative estimate of drug-likeness (QED) is 0.781. The fourth-order valence-electron chi connectivity index (χ4n) is 3.82. The number of carbonyl (C=O) groups is 1. The second-order valence-corrected chi connectivity index (χ2v) is 6.88. The van der Waals surface area contributed by atoms with Gasteiger partial charge in [-0.2, -0.15) is 0 Å². The van der Waals surface area contributed by atoms with E-state index in [0.717, 1.165) is 28.1 Å². The van der Waals surface area contributed by atoms with Crippen LogP contribution >= 0.6 is 0 Å². The lowest BCUT2D eigenvalue weighted by Crippen LogP contribution is -2.29. The summed E-state index contributed by atoms with van der Waals surface area (Å²) in [7, 11) is 3.82. The number of nitrogens with one attached hydrogen (secondary N) is 1. The van der Waals surface area contributed by atoms with E-state index in [4.69, 9.17) is 0 Å². The molecule has 4 rings (SSSR count). The van der Waals surface area contributed by atoms with Crippen molar-refractivity contribution in [3.05, 3.63) is 48.3 Å². The zero-order valence-electron chi connectivity index (χ0n) is 15.2. The molecule has 0 bridgehead atoms. The first-order chi connectivity index (χ1) is 12.6. The SMILES string of the molecule is Cc1cccc2ncnc(NC[C@@H]3CC(=O)N(C)[C@H]3c3nccn3C)c12. The number of fused-ring (bicyclic) bond motifs is 1. The van der Waals surface area contributed by atoms with Gasteiger partial charge in [0.2, 0.25) is 5.91 Å². The van der Waals surface area contributed by atoms with Gasteiger partial charge in [-0.15, -0.1) is 0 Å². The molecular formula is C19H22N6O. The van der Waals surface area contributed by atoms with Crippen molar-refractivity contribution in [1.82, 2.24) is 24.4 Å². The fraction of sp³-hybridized carbons (Fsp3) is 0.368. The van der Waals surface area contributed by atoms with Crippen LogP contribution in [0.1, 0.15) is 23.9 Å². The number of carbonyl (C=O) groups excluding carboxylic acids is 1. The molecule has 1 aliphatic rings. The maximum Gasteiger partial charge on any atom is 0.223 e. The van der Waals surface area contributed by atoms with E-state index in [1.165, 1.54) is 0 Å². The number of rotatable bonds is 4. The van der Waals surface area contributed by atoms with Gasteiger partial charge in [0.25, 0.3) is 0 Å². The molecule has 1 N–H and O–H groups in total. The number of hydrogen-bond donors (Lipinski definition) is 1. The van der Waals surface area contributed by atoms with Gasteiger partial charge >= 0.3 is 0 Å². The molecular weight excluding hydrogens is 328 g/mol. The van der Waals surface area contributed by atoms with Crippen LogP contribution < -0.4 is 5.32 Å². The van der Waals surface area contributed by atoms with Crippen molar-refractivity contribution in [2.24, 2.45) is 13.0 Å². The maximum atomic E-state index is 12.3. The van der Waals surface area contributed by atoms with E-state index in [0.29, 0.717) is 13.0 Å². The van der Waals surface area contributed by atoms with Crippen molar-refractivity contribution >= 4 is 22.6 Å². The largest absolute Gasteiger partial charge is 0.369 e. The Kier molecular flexibility index (Phi) is 4.06. The summed E-state index contributed by atoms with van der Waals surface area (Å²) in [4.78, 5) is 27.4. The zero-order chi connectivity index (χ0) is 18.3. The van der Waals surface area contributed by atoms with Crippen LogP contribution in [0.15, 0.2) is 36.9 Å². The molecule has 0 radical (unpaired) electrons. The number of imidazole rings is 1. The standard InChI is InChI=1S/C19H22N6O/c1-12-5-4-6-14-16(12)18(23-11-22-14)21-10-13-9-15(26)25(3)17(13)19-20-7-8-24(19)2/h4-8,11,13,17H,9-10H2,1-3H3,(H,21,22,23)/t13-,17+/m0/s1. The third-order valence-corrected chi connectivity index (χ3v) is 5.22. The number of benzene rings is 1. The molecule has 0 saturated carbocycles. The molecule has 1 aromatic carbocycles. The van der Waals surface area contributed by atoms with Crippen LogP contribution in [0.4, 0.5) is 5.82 Å². The molecule has 0 aliphatic carbocycles. The highest BCUT2D eigenvalue weighted by Crippen LogP contribution is 2.36. The smallest absolute Gasteiger partial charge is 0.223 e. The van der Waals surface area contributed by atoms with Crippen LogP contribution in [0.2, 0.25) is 0 Å². The average Bonchev–Trinajstić information content (AvgIpc) is 3.16. The van der Waals surface area contributed by atoms with Gasteiger partial charge in [-0.3, -0.25) is 4.79 Å². The van der Waals surface area contributed by atoms with E-state index in [1.807, 2.05) is 37.0 Å². The molecule has 134 valence electrons. The van der Waals surface area contributed by atoms with Gasteiger partial charge in [-0.1, -0.05) is 12.1 Å². The summed E-state index contributed by atoms with van der Waals surface area (Å²) in [6.07, 6.45) is 5.77. The Morgan fingerprint density at radius 2 is 2.08 bits per heavy atom. The van der Waals surface area contributed by atoms with Gasteiger partial charge in [-0.25, -0.2) is 15.0 Å². The Morgan fingerprint density at radius 1 is 1.23 bits per heavy atom. The van der Waals surface area contributed by atoms with Crippen molar-refractivity contribution in [2.45, 2.75) is 19.4 Å². The van der Waals surface area contributed by atoms with E-state index in [-0.39, 0.29) is 17.9 Å². The first-order valence-corrected chi connectivity index (χ1v) is 8.73. The van der Waals surface area contributed by atoms with Gasteiger partial charge in [0.1, 0.15) is 18.0 Å². The van der Waals surface area contributed by atoms with Crippen molar-refractivity contribution in [2.75, 3.05) is 18.9 Å². The van der Waals surface area contributed by atoms with Gasteiger partial charge in [0, 0.05) is 50.8 Å². The highest BCUT2D eigenvalue weighted by Gasteiger charge is 2.40. The third-order valence-electron chi connectivity index (χ3n) is 5.22. The lowest BCUT2D eigenvalue weighted by atomic mass is 9.99. The lowest BCUT2D eigenvalue weighted by Gasteiger charge is -2.25. The molecule has 3 heterocycles. The van der Waals surface area contributed by atoms with Gasteiger partial charge in [-0.05, 0) is 18.6 Å². The molecule has 7 heteroatoms. The van der Waals surface area contributed by atoms with Gasteiger partial charge < -0.3 is 14.8 Å². The molecule has 1 fully saturated rings. The predicted molar refractivity (Wildman–Crippen MR) is 99.6 cm³/mol. The Balaban J connectivity index is 1.61. The summed E-state index contributed by atoms with van der Waals surface area (Å²) in [6, 6.07) is 6.00. The van der Waals surface area contributed by atoms with Crippen molar-refractivity contribution in [3.8, 4) is 0 Å². The van der Waals surface area contributed by atoms with Crippen LogP contribution in [0.25, 0.3) is 10.9 Å². The zero-order valence-corrected chi connectivity index (χ0v) is 15.2. The number of hydrogen-bond acceptors (Lipinski definition) is 5. The topological polar surface area (TPSA) is 75.9 Å². The number of nitrogens with zero attached hydrogens (tertiary/aromatic N) is 5. The van der Waals surface area contributed by atoms with Crippen molar-refractivity contribution < 1.29 is 4.79 Å². The van der Waals surface area contributed by atoms with Gasteiger partial charge in [0.15, 0.2) is 0 Å². The molecule has 2 aromatic heterocycles. The van der Waals surface area contributed by atoms with Crippen LogP contribution in [0.5, 0.6) is 0 Å². The molecule has 3 aromatic rings. The van der Waals surface area contributed by atoms with Crippen LogP contribution in [0, 0.1) is 12.8 Å². The number of anilines is 1. The monoisotopic (exact) mass is 350 g/mol. The highest BCUT2D eigenvalue weighted by molar-refractivity contribution is 5.91. The summed E-state index contributed by atoms with van der Waals surface area (Å²) in [5.41, 5.74) is 2.05. The summed E-state index contributed by atoms with van der Waals surface area (Å²) in [6.45, 7) is 2.70. The summed E-state index contributed by atoms with van der Waals surface area (Å²) < 4.78 is 1.98. The second-order valence-electron chi connectivity index (χ2n) is 6.88. The predicted octanol–water partition coefficient (Wildman–Crippen LogP) is 2.30. The second kappa shape index (κ2) is 6.40. The Labute approximate surface area is 152 Å². The van der Waals surface area contributed by atoms with E-state index >= 15 is 0 Å². The average molecular weight is 350 g/mol. The van der Waals surface area contributed by atoms with E-state index in [9.17, 15) is 4.79 Å². The molecule has 26 heavy (non-hydrogen) atoms. The summed E-state index contributed by atoms with van der Waals surface area (Å²) in [5.74, 6) is 2.00. The lowest BCUT2D eigenvalue weighted by molar-refractivity contribution is -0.127. The molecule has 0 spiro atoms. The van der Waals surface area contributed by atoms with Crippen LogP contribution in [-0.4, -0.2) is 43.9 Å². The van der Waals surface area contributed by atoms with E-state index in [2.05, 4.69) is 33.3 Å². The normalized spacial score (nSPS) is 20.1.